The van der Waals surface area contributed by atoms with E-state index in [1.54, 1.807) is 0 Å². The van der Waals surface area contributed by atoms with E-state index in [9.17, 15) is 0 Å². The Balaban J connectivity index is 2.28. The highest BCUT2D eigenvalue weighted by atomic mass is 16.5. The maximum atomic E-state index is 5.66. The Morgan fingerprint density at radius 2 is 2.23 bits per heavy atom. The molecule has 1 aromatic rings. The van der Waals surface area contributed by atoms with Crippen molar-refractivity contribution in [2.24, 2.45) is 0 Å². The molecule has 0 aromatic heterocycles. The normalized spacial score (nSPS) is 10.2. The number of hydrogen-bond acceptors (Lipinski definition) is 2. The van der Waals surface area contributed by atoms with Crippen LogP contribution < -0.4 is 5.73 Å². The SMILES string of the molecule is CCOCCCc1cccc(N)c1. The van der Waals surface area contributed by atoms with Crippen LogP contribution in [0.25, 0.3) is 0 Å². The van der Waals surface area contributed by atoms with E-state index in [-0.39, 0.29) is 0 Å². The van der Waals surface area contributed by atoms with Crippen molar-refractivity contribution in [3.8, 4) is 0 Å². The lowest BCUT2D eigenvalue weighted by molar-refractivity contribution is 0.145. The molecule has 0 bridgehead atoms. The predicted molar refractivity (Wildman–Crippen MR) is 55.7 cm³/mol. The van der Waals surface area contributed by atoms with Gasteiger partial charge in [-0.25, -0.2) is 0 Å². The monoisotopic (exact) mass is 179 g/mol. The molecule has 0 amide bonds. The summed E-state index contributed by atoms with van der Waals surface area (Å²) in [6, 6.07) is 8.02. The van der Waals surface area contributed by atoms with Crippen LogP contribution >= 0.6 is 0 Å². The minimum atomic E-state index is 0.803. The molecule has 0 aliphatic carbocycles. The molecule has 0 saturated heterocycles. The second kappa shape index (κ2) is 5.60. The molecule has 0 heterocycles. The molecule has 0 unspecified atom stereocenters. The summed E-state index contributed by atoms with van der Waals surface area (Å²) in [7, 11) is 0. The highest BCUT2D eigenvalue weighted by molar-refractivity contribution is 5.40. The molecular weight excluding hydrogens is 162 g/mol. The Morgan fingerprint density at radius 1 is 1.38 bits per heavy atom. The predicted octanol–water partition coefficient (Wildman–Crippen LogP) is 2.24. The molecule has 2 heteroatoms. The minimum absolute atomic E-state index is 0.803. The lowest BCUT2D eigenvalue weighted by atomic mass is 10.1. The Kier molecular flexibility index (Phi) is 4.33. The van der Waals surface area contributed by atoms with Gasteiger partial charge in [-0.3, -0.25) is 0 Å². The standard InChI is InChI=1S/C11H17NO/c1-2-13-8-4-6-10-5-3-7-11(12)9-10/h3,5,7,9H,2,4,6,8,12H2,1H3. The Labute approximate surface area is 79.7 Å². The van der Waals surface area contributed by atoms with Crippen molar-refractivity contribution in [2.75, 3.05) is 18.9 Å². The van der Waals surface area contributed by atoms with Crippen LogP contribution in [0.15, 0.2) is 24.3 Å². The van der Waals surface area contributed by atoms with E-state index < -0.39 is 0 Å². The molecule has 0 aliphatic heterocycles. The maximum absolute atomic E-state index is 5.66. The van der Waals surface area contributed by atoms with Gasteiger partial charge < -0.3 is 10.5 Å². The first-order chi connectivity index (χ1) is 6.33. The van der Waals surface area contributed by atoms with Crippen molar-refractivity contribution in [1.82, 2.24) is 0 Å². The van der Waals surface area contributed by atoms with Gasteiger partial charge in [-0.2, -0.15) is 0 Å². The van der Waals surface area contributed by atoms with Crippen LogP contribution in [0.2, 0.25) is 0 Å². The largest absolute Gasteiger partial charge is 0.399 e. The van der Waals surface area contributed by atoms with Crippen molar-refractivity contribution in [2.45, 2.75) is 19.8 Å². The first kappa shape index (κ1) is 10.1. The molecule has 0 spiro atoms. The summed E-state index contributed by atoms with van der Waals surface area (Å²) >= 11 is 0. The lowest BCUT2D eigenvalue weighted by Crippen LogP contribution is -1.96. The van der Waals surface area contributed by atoms with Crippen LogP contribution in [0.5, 0.6) is 0 Å². The smallest absolute Gasteiger partial charge is 0.0469 e. The lowest BCUT2D eigenvalue weighted by Gasteiger charge is -2.02. The number of rotatable bonds is 5. The van der Waals surface area contributed by atoms with Crippen LogP contribution in [-0.2, 0) is 11.2 Å². The summed E-state index contributed by atoms with van der Waals surface area (Å²) in [5.41, 5.74) is 7.79. The van der Waals surface area contributed by atoms with E-state index in [4.69, 9.17) is 10.5 Å². The third kappa shape index (κ3) is 3.95. The van der Waals surface area contributed by atoms with Crippen molar-refractivity contribution >= 4 is 5.69 Å². The number of benzene rings is 1. The molecule has 0 atom stereocenters. The van der Waals surface area contributed by atoms with Gasteiger partial charge in [0.15, 0.2) is 0 Å². The summed E-state index contributed by atoms with van der Waals surface area (Å²) in [6.07, 6.45) is 2.11. The molecule has 1 aromatic carbocycles. The van der Waals surface area contributed by atoms with E-state index in [2.05, 4.69) is 6.07 Å². The van der Waals surface area contributed by atoms with Crippen LogP contribution in [0.3, 0.4) is 0 Å². The van der Waals surface area contributed by atoms with Crippen molar-refractivity contribution < 1.29 is 4.74 Å². The molecule has 13 heavy (non-hydrogen) atoms. The number of nitrogens with two attached hydrogens (primary N) is 1. The average Bonchev–Trinajstić information content (AvgIpc) is 2.13. The van der Waals surface area contributed by atoms with Gasteiger partial charge >= 0.3 is 0 Å². The number of aryl methyl sites for hydroxylation is 1. The zero-order valence-electron chi connectivity index (χ0n) is 8.12. The van der Waals surface area contributed by atoms with Gasteiger partial charge in [0, 0.05) is 18.9 Å². The molecule has 0 aliphatic rings. The summed E-state index contributed by atoms with van der Waals surface area (Å²) in [4.78, 5) is 0. The third-order valence-corrected chi connectivity index (χ3v) is 1.91. The zero-order chi connectivity index (χ0) is 9.52. The topological polar surface area (TPSA) is 35.2 Å². The molecule has 1 rings (SSSR count). The fraction of sp³-hybridized carbons (Fsp3) is 0.455. The summed E-state index contributed by atoms with van der Waals surface area (Å²) in [5.74, 6) is 0. The van der Waals surface area contributed by atoms with Gasteiger partial charge in [0.2, 0.25) is 0 Å². The number of hydrogen-bond donors (Lipinski definition) is 1. The van der Waals surface area contributed by atoms with Crippen LogP contribution in [0.1, 0.15) is 18.9 Å². The Hall–Kier alpha value is -1.02. The molecule has 2 nitrogen and oxygen atoms in total. The summed E-state index contributed by atoms with van der Waals surface area (Å²) < 4.78 is 5.25. The van der Waals surface area contributed by atoms with E-state index in [1.807, 2.05) is 25.1 Å². The van der Waals surface area contributed by atoms with Gasteiger partial charge in [0.05, 0.1) is 0 Å². The van der Waals surface area contributed by atoms with Gasteiger partial charge in [0.25, 0.3) is 0 Å². The van der Waals surface area contributed by atoms with Crippen LogP contribution in [0, 0.1) is 0 Å². The Bertz CT molecular complexity index is 248. The molecular formula is C11H17NO. The fourth-order valence-corrected chi connectivity index (χ4v) is 1.27. The Morgan fingerprint density at radius 3 is 2.92 bits per heavy atom. The second-order valence-electron chi connectivity index (χ2n) is 3.05. The van der Waals surface area contributed by atoms with Gasteiger partial charge in [0.1, 0.15) is 0 Å². The number of nitrogen functional groups attached to an aromatic ring is 1. The molecule has 2 N–H and O–H groups in total. The van der Waals surface area contributed by atoms with E-state index in [0.29, 0.717) is 0 Å². The second-order valence-corrected chi connectivity index (χ2v) is 3.05. The quantitative estimate of drug-likeness (QED) is 0.555. The zero-order valence-corrected chi connectivity index (χ0v) is 8.12. The fourth-order valence-electron chi connectivity index (χ4n) is 1.27. The minimum Gasteiger partial charge on any atom is -0.399 e. The van der Waals surface area contributed by atoms with Gasteiger partial charge in [-0.1, -0.05) is 12.1 Å². The molecule has 0 fully saturated rings. The van der Waals surface area contributed by atoms with E-state index >= 15 is 0 Å². The summed E-state index contributed by atoms with van der Waals surface area (Å²) in [6.45, 7) is 3.66. The molecule has 72 valence electrons. The van der Waals surface area contributed by atoms with E-state index in [0.717, 1.165) is 31.7 Å². The number of ether oxygens (including phenoxy) is 1. The first-order valence-corrected chi connectivity index (χ1v) is 4.75. The number of anilines is 1. The molecule has 0 radical (unpaired) electrons. The molecule has 0 saturated carbocycles. The maximum Gasteiger partial charge on any atom is 0.0469 e. The van der Waals surface area contributed by atoms with Crippen molar-refractivity contribution in [3.05, 3.63) is 29.8 Å². The van der Waals surface area contributed by atoms with Crippen LogP contribution in [0.4, 0.5) is 5.69 Å². The van der Waals surface area contributed by atoms with Gasteiger partial charge in [-0.15, -0.1) is 0 Å². The third-order valence-electron chi connectivity index (χ3n) is 1.91. The van der Waals surface area contributed by atoms with E-state index in [1.165, 1.54) is 5.56 Å². The average molecular weight is 179 g/mol. The van der Waals surface area contributed by atoms with Crippen molar-refractivity contribution in [1.29, 1.82) is 0 Å². The highest BCUT2D eigenvalue weighted by Crippen LogP contribution is 2.08. The van der Waals surface area contributed by atoms with Crippen LogP contribution in [-0.4, -0.2) is 13.2 Å². The highest BCUT2D eigenvalue weighted by Gasteiger charge is 1.93. The summed E-state index contributed by atoms with van der Waals surface area (Å²) in [5, 5.41) is 0. The first-order valence-electron chi connectivity index (χ1n) is 4.75. The van der Waals surface area contributed by atoms with Crippen molar-refractivity contribution in [3.63, 3.8) is 0 Å². The van der Waals surface area contributed by atoms with Gasteiger partial charge in [-0.05, 0) is 37.5 Å².